The van der Waals surface area contributed by atoms with E-state index in [0.717, 1.165) is 12.3 Å². The minimum Gasteiger partial charge on any atom is -0.549 e. The van der Waals surface area contributed by atoms with Gasteiger partial charge >= 0.3 is 6.18 Å². The number of nitrogens with one attached hydrogen (secondary N) is 1. The summed E-state index contributed by atoms with van der Waals surface area (Å²) < 4.78 is 37.6. The molecule has 1 aliphatic heterocycles. The minimum atomic E-state index is -4.59. The Hall–Kier alpha value is -2.19. The van der Waals surface area contributed by atoms with Crippen molar-refractivity contribution in [1.82, 2.24) is 15.3 Å². The monoisotopic (exact) mass is 302 g/mol. The number of carbonyl (C=O) groups is 2. The molecule has 0 aromatic carbocycles. The largest absolute Gasteiger partial charge is 0.549 e. The van der Waals surface area contributed by atoms with Gasteiger partial charge in [-0.2, -0.15) is 13.2 Å². The fraction of sp³-hybridized carbons (Fsp3) is 0.500. The number of aromatic nitrogens is 2. The van der Waals surface area contributed by atoms with Crippen LogP contribution in [-0.2, 0) is 22.2 Å². The molecule has 1 saturated heterocycles. The van der Waals surface area contributed by atoms with Crippen molar-refractivity contribution in [2.75, 3.05) is 0 Å². The predicted octanol–water partition coefficient (Wildman–Crippen LogP) is -0.317. The number of rotatable bonds is 3. The molecule has 6 nitrogen and oxygen atoms in total. The van der Waals surface area contributed by atoms with Crippen molar-refractivity contribution in [3.8, 4) is 0 Å². The highest BCUT2D eigenvalue weighted by Gasteiger charge is 2.44. The number of nitrogens with zero attached hydrogens (tertiary/aromatic N) is 2. The zero-order valence-corrected chi connectivity index (χ0v) is 10.9. The van der Waals surface area contributed by atoms with E-state index in [1.807, 2.05) is 0 Å². The lowest BCUT2D eigenvalue weighted by Crippen LogP contribution is -2.45. The molecule has 1 amide bonds. The van der Waals surface area contributed by atoms with Crippen molar-refractivity contribution in [2.45, 2.75) is 32.0 Å². The van der Waals surface area contributed by atoms with Crippen LogP contribution in [0.15, 0.2) is 12.3 Å². The van der Waals surface area contributed by atoms with E-state index in [9.17, 15) is 27.9 Å². The van der Waals surface area contributed by atoms with E-state index < -0.39 is 35.2 Å². The predicted molar refractivity (Wildman–Crippen MR) is 60.4 cm³/mol. The van der Waals surface area contributed by atoms with Gasteiger partial charge in [-0.15, -0.1) is 0 Å². The van der Waals surface area contributed by atoms with E-state index in [1.54, 1.807) is 0 Å². The van der Waals surface area contributed by atoms with Crippen LogP contribution in [0.25, 0.3) is 0 Å². The highest BCUT2D eigenvalue weighted by atomic mass is 19.4. The Morgan fingerprint density at radius 2 is 2.24 bits per heavy atom. The van der Waals surface area contributed by atoms with E-state index in [4.69, 9.17) is 0 Å². The Bertz CT molecular complexity index is 591. The van der Waals surface area contributed by atoms with E-state index in [1.165, 1.54) is 6.92 Å². The third-order valence-corrected chi connectivity index (χ3v) is 3.37. The average molecular weight is 302 g/mol. The van der Waals surface area contributed by atoms with Gasteiger partial charge in [0.25, 0.3) is 0 Å². The highest BCUT2D eigenvalue weighted by molar-refractivity contribution is 6.02. The average Bonchev–Trinajstić information content (AvgIpc) is 2.65. The molecule has 9 heteroatoms. The Labute approximate surface area is 117 Å². The number of carboxylic acids is 1. The Kier molecular flexibility index (Phi) is 3.60. The van der Waals surface area contributed by atoms with Crippen LogP contribution < -0.4 is 10.4 Å². The smallest absolute Gasteiger partial charge is 0.433 e. The fourth-order valence-electron chi connectivity index (χ4n) is 2.16. The first-order chi connectivity index (χ1) is 9.63. The molecule has 2 unspecified atom stereocenters. The third-order valence-electron chi connectivity index (χ3n) is 3.37. The van der Waals surface area contributed by atoms with Crippen molar-refractivity contribution in [3.05, 3.63) is 23.8 Å². The molecule has 0 saturated carbocycles. The van der Waals surface area contributed by atoms with Gasteiger partial charge in [0.1, 0.15) is 11.5 Å². The Morgan fingerprint density at radius 3 is 2.76 bits per heavy atom. The molecule has 1 aliphatic rings. The number of alkyl halides is 3. The summed E-state index contributed by atoms with van der Waals surface area (Å²) in [6.45, 7) is 1.21. The maximum absolute atomic E-state index is 12.5. The molecule has 21 heavy (non-hydrogen) atoms. The first-order valence-electron chi connectivity index (χ1n) is 6.04. The van der Waals surface area contributed by atoms with Gasteiger partial charge in [-0.3, -0.25) is 4.79 Å². The second-order valence-corrected chi connectivity index (χ2v) is 5.05. The standard InChI is InChI=1S/C12H12F3N3O3/c1-11(10(20)21)5-6(17-9(11)19)4-8-16-3-2-7(18-8)12(13,14)15/h2-3,6H,4-5H2,1H3,(H,17,19)(H,20,21)/p-1. The summed E-state index contributed by atoms with van der Waals surface area (Å²) >= 11 is 0. The van der Waals surface area contributed by atoms with E-state index in [-0.39, 0.29) is 18.7 Å². The number of aliphatic carboxylic acids is 1. The minimum absolute atomic E-state index is 0.0848. The molecule has 0 bridgehead atoms. The van der Waals surface area contributed by atoms with Crippen molar-refractivity contribution < 1.29 is 27.9 Å². The molecule has 0 radical (unpaired) electrons. The van der Waals surface area contributed by atoms with Crippen molar-refractivity contribution in [1.29, 1.82) is 0 Å². The fourth-order valence-corrected chi connectivity index (χ4v) is 2.16. The van der Waals surface area contributed by atoms with E-state index >= 15 is 0 Å². The molecule has 2 heterocycles. The summed E-state index contributed by atoms with van der Waals surface area (Å²) in [5, 5.41) is 13.4. The van der Waals surface area contributed by atoms with Gasteiger partial charge < -0.3 is 15.2 Å². The molecule has 1 fully saturated rings. The molecule has 114 valence electrons. The quantitative estimate of drug-likeness (QED) is 0.772. The van der Waals surface area contributed by atoms with Gasteiger partial charge in [-0.25, -0.2) is 9.97 Å². The van der Waals surface area contributed by atoms with Gasteiger partial charge in [0, 0.05) is 18.7 Å². The normalized spacial score (nSPS) is 25.7. The highest BCUT2D eigenvalue weighted by Crippen LogP contribution is 2.31. The maximum Gasteiger partial charge on any atom is 0.433 e. The Balaban J connectivity index is 2.14. The van der Waals surface area contributed by atoms with Crippen molar-refractivity contribution in [3.63, 3.8) is 0 Å². The molecule has 2 atom stereocenters. The lowest BCUT2D eigenvalue weighted by atomic mass is 9.86. The van der Waals surface area contributed by atoms with Crippen LogP contribution >= 0.6 is 0 Å². The van der Waals surface area contributed by atoms with E-state index in [0.29, 0.717) is 0 Å². The van der Waals surface area contributed by atoms with Gasteiger partial charge in [-0.1, -0.05) is 0 Å². The van der Waals surface area contributed by atoms with Crippen LogP contribution in [-0.4, -0.2) is 27.9 Å². The molecule has 1 N–H and O–H groups in total. The molecule has 0 aliphatic carbocycles. The number of hydrogen-bond acceptors (Lipinski definition) is 5. The summed E-state index contributed by atoms with van der Waals surface area (Å²) in [5.41, 5.74) is -2.77. The van der Waals surface area contributed by atoms with Gasteiger partial charge in [-0.05, 0) is 19.4 Å². The summed E-state index contributed by atoms with van der Waals surface area (Å²) in [4.78, 5) is 29.7. The molecule has 1 aromatic rings. The van der Waals surface area contributed by atoms with Gasteiger partial charge in [0.05, 0.1) is 11.4 Å². The molecule has 0 spiro atoms. The van der Waals surface area contributed by atoms with Crippen LogP contribution in [0.4, 0.5) is 13.2 Å². The summed E-state index contributed by atoms with van der Waals surface area (Å²) in [7, 11) is 0. The van der Waals surface area contributed by atoms with Crippen molar-refractivity contribution in [2.24, 2.45) is 5.41 Å². The van der Waals surface area contributed by atoms with E-state index in [2.05, 4.69) is 15.3 Å². The van der Waals surface area contributed by atoms with Gasteiger partial charge in [0.2, 0.25) is 5.91 Å². The Morgan fingerprint density at radius 1 is 1.57 bits per heavy atom. The zero-order valence-electron chi connectivity index (χ0n) is 10.9. The molecular formula is C12H11F3N3O3-. The summed E-state index contributed by atoms with van der Waals surface area (Å²) in [6.07, 6.45) is -3.79. The van der Waals surface area contributed by atoms with Crippen LogP contribution in [0, 0.1) is 5.41 Å². The second-order valence-electron chi connectivity index (χ2n) is 5.05. The SMILES string of the molecule is CC1(C(=O)[O-])CC(Cc2nccc(C(F)(F)F)n2)NC1=O. The molecular weight excluding hydrogens is 291 g/mol. The zero-order chi connectivity index (χ0) is 15.8. The maximum atomic E-state index is 12.5. The number of carbonyl (C=O) groups excluding carboxylic acids is 2. The first kappa shape index (κ1) is 15.2. The van der Waals surface area contributed by atoms with Crippen LogP contribution in [0.1, 0.15) is 24.9 Å². The third kappa shape index (κ3) is 2.96. The molecule has 2 rings (SSSR count). The van der Waals surface area contributed by atoms with Gasteiger partial charge in [0.15, 0.2) is 0 Å². The topological polar surface area (TPSA) is 95.0 Å². The number of carboxylic acid groups (broad SMARTS) is 1. The second kappa shape index (κ2) is 4.97. The number of hydrogen-bond donors (Lipinski definition) is 1. The van der Waals surface area contributed by atoms with Crippen LogP contribution in [0.5, 0.6) is 0 Å². The summed E-state index contributed by atoms with van der Waals surface area (Å²) in [6, 6.07) is 0.0889. The number of halogens is 3. The summed E-state index contributed by atoms with van der Waals surface area (Å²) in [5.74, 6) is -2.36. The number of amides is 1. The lowest BCUT2D eigenvalue weighted by molar-refractivity contribution is -0.315. The van der Waals surface area contributed by atoms with Crippen LogP contribution in [0.2, 0.25) is 0 Å². The lowest BCUT2D eigenvalue weighted by Gasteiger charge is -2.21. The first-order valence-corrected chi connectivity index (χ1v) is 6.04. The van der Waals surface area contributed by atoms with Crippen LogP contribution in [0.3, 0.4) is 0 Å². The molecule has 1 aromatic heterocycles. The van der Waals surface area contributed by atoms with Crippen molar-refractivity contribution >= 4 is 11.9 Å².